The first-order chi connectivity index (χ1) is 5.86. The van der Waals surface area contributed by atoms with Crippen molar-refractivity contribution in [2.45, 2.75) is 29.9 Å². The van der Waals surface area contributed by atoms with E-state index in [4.69, 9.17) is 5.11 Å². The highest BCUT2D eigenvalue weighted by Gasteiger charge is 2.07. The minimum absolute atomic E-state index is 0.286. The van der Waals surface area contributed by atoms with Crippen LogP contribution in [-0.2, 0) is 0 Å². The second-order valence-corrected chi connectivity index (χ2v) is 4.82. The molecule has 1 nitrogen and oxygen atoms in total. The Morgan fingerprint density at radius 2 is 2.50 bits per heavy atom. The molecule has 1 N–H and O–H groups in total. The predicted octanol–water partition coefficient (Wildman–Crippen LogP) is 3.00. The van der Waals surface area contributed by atoms with E-state index in [1.165, 1.54) is 4.90 Å². The molecule has 68 valence electrons. The zero-order chi connectivity index (χ0) is 8.81. The molecule has 0 bridgehead atoms. The number of aliphatic hydroxyl groups excluding tert-OH is 1. The summed E-state index contributed by atoms with van der Waals surface area (Å²) in [6.07, 6.45) is 2.24. The Bertz CT molecular complexity index is 196. The summed E-state index contributed by atoms with van der Waals surface area (Å²) >= 11 is 3.49. The average Bonchev–Trinajstić information content (AvgIpc) is 2.56. The first-order valence-electron chi connectivity index (χ1n) is 4.16. The molecule has 1 aromatic heterocycles. The van der Waals surface area contributed by atoms with Gasteiger partial charge in [0, 0.05) is 15.5 Å². The van der Waals surface area contributed by atoms with Crippen LogP contribution in [0.3, 0.4) is 0 Å². The Kier molecular flexibility index (Phi) is 4.73. The third-order valence-corrected chi connectivity index (χ3v) is 3.69. The number of rotatable bonds is 5. The molecule has 1 rings (SSSR count). The average molecular weight is 202 g/mol. The van der Waals surface area contributed by atoms with Crippen LogP contribution >= 0.6 is 23.1 Å². The normalized spacial score (nSPS) is 13.2. The van der Waals surface area contributed by atoms with Gasteiger partial charge in [0.05, 0.1) is 6.61 Å². The first kappa shape index (κ1) is 10.1. The molecule has 3 heteroatoms. The fourth-order valence-corrected chi connectivity index (χ4v) is 2.97. The van der Waals surface area contributed by atoms with Gasteiger partial charge in [-0.2, -0.15) is 11.3 Å². The summed E-state index contributed by atoms with van der Waals surface area (Å²) in [4.78, 5) is 1.28. The monoisotopic (exact) mass is 202 g/mol. The Balaban J connectivity index is 2.37. The summed E-state index contributed by atoms with van der Waals surface area (Å²) in [6.45, 7) is 2.44. The van der Waals surface area contributed by atoms with Crippen LogP contribution < -0.4 is 0 Å². The quantitative estimate of drug-likeness (QED) is 0.741. The van der Waals surface area contributed by atoms with Crippen LogP contribution in [0.5, 0.6) is 0 Å². The summed E-state index contributed by atoms with van der Waals surface area (Å²) in [5.74, 6) is 0. The highest BCUT2D eigenvalue weighted by atomic mass is 32.2. The van der Waals surface area contributed by atoms with E-state index >= 15 is 0 Å². The van der Waals surface area contributed by atoms with Crippen molar-refractivity contribution in [3.63, 3.8) is 0 Å². The van der Waals surface area contributed by atoms with Crippen LogP contribution in [0.1, 0.15) is 19.8 Å². The molecule has 0 aromatic carbocycles. The number of thiophene rings is 1. The molecule has 1 aromatic rings. The number of aliphatic hydroxyl groups is 1. The molecule has 0 aliphatic rings. The fourth-order valence-electron chi connectivity index (χ4n) is 1.02. The van der Waals surface area contributed by atoms with Gasteiger partial charge in [0.15, 0.2) is 0 Å². The zero-order valence-electron chi connectivity index (χ0n) is 7.19. The maximum Gasteiger partial charge on any atom is 0.0553 e. The molecule has 0 aliphatic heterocycles. The highest BCUT2D eigenvalue weighted by molar-refractivity contribution is 8.00. The van der Waals surface area contributed by atoms with Crippen molar-refractivity contribution >= 4 is 23.1 Å². The third kappa shape index (κ3) is 3.17. The van der Waals surface area contributed by atoms with Crippen LogP contribution in [0.2, 0.25) is 0 Å². The van der Waals surface area contributed by atoms with Crippen molar-refractivity contribution in [3.05, 3.63) is 16.8 Å². The minimum Gasteiger partial charge on any atom is -0.395 e. The molecule has 0 spiro atoms. The lowest BCUT2D eigenvalue weighted by Crippen LogP contribution is -2.06. The van der Waals surface area contributed by atoms with Crippen molar-refractivity contribution in [3.8, 4) is 0 Å². The van der Waals surface area contributed by atoms with E-state index in [1.807, 2.05) is 0 Å². The SMILES string of the molecule is CCCC(CO)Sc1ccsc1. The molecule has 0 amide bonds. The summed E-state index contributed by atoms with van der Waals surface area (Å²) in [5.41, 5.74) is 0. The van der Waals surface area contributed by atoms with Crippen LogP contribution in [0.4, 0.5) is 0 Å². The third-order valence-electron chi connectivity index (χ3n) is 1.61. The van der Waals surface area contributed by atoms with Gasteiger partial charge in [0.2, 0.25) is 0 Å². The van der Waals surface area contributed by atoms with Crippen molar-refractivity contribution in [1.82, 2.24) is 0 Å². The summed E-state index contributed by atoms with van der Waals surface area (Å²) in [7, 11) is 0. The molecule has 1 atom stereocenters. The Hall–Kier alpha value is 0.01000. The fraction of sp³-hybridized carbons (Fsp3) is 0.556. The predicted molar refractivity (Wildman–Crippen MR) is 56.0 cm³/mol. The van der Waals surface area contributed by atoms with Gasteiger partial charge in [-0.3, -0.25) is 0 Å². The van der Waals surface area contributed by atoms with E-state index in [0.29, 0.717) is 5.25 Å². The van der Waals surface area contributed by atoms with Crippen molar-refractivity contribution in [2.75, 3.05) is 6.61 Å². The van der Waals surface area contributed by atoms with E-state index in [0.717, 1.165) is 12.8 Å². The molecule has 0 aliphatic carbocycles. The summed E-state index contributed by atoms with van der Waals surface area (Å²) in [6, 6.07) is 2.10. The second-order valence-electron chi connectivity index (χ2n) is 2.67. The lowest BCUT2D eigenvalue weighted by Gasteiger charge is -2.10. The van der Waals surface area contributed by atoms with Crippen molar-refractivity contribution < 1.29 is 5.11 Å². The molecule has 0 fully saturated rings. The van der Waals surface area contributed by atoms with E-state index in [-0.39, 0.29) is 6.61 Å². The van der Waals surface area contributed by atoms with E-state index < -0.39 is 0 Å². The van der Waals surface area contributed by atoms with Gasteiger partial charge < -0.3 is 5.11 Å². The van der Waals surface area contributed by atoms with Crippen LogP contribution in [-0.4, -0.2) is 17.0 Å². The standard InChI is InChI=1S/C9H14OS2/c1-2-3-8(6-10)12-9-4-5-11-7-9/h4-5,7-8,10H,2-3,6H2,1H3. The van der Waals surface area contributed by atoms with Gasteiger partial charge in [-0.1, -0.05) is 13.3 Å². The van der Waals surface area contributed by atoms with Gasteiger partial charge in [-0.15, -0.1) is 11.8 Å². The van der Waals surface area contributed by atoms with Gasteiger partial charge in [0.25, 0.3) is 0 Å². The molecule has 1 unspecified atom stereocenters. The van der Waals surface area contributed by atoms with Crippen molar-refractivity contribution in [1.29, 1.82) is 0 Å². The lowest BCUT2D eigenvalue weighted by molar-refractivity contribution is 0.290. The van der Waals surface area contributed by atoms with Crippen LogP contribution in [0.15, 0.2) is 21.7 Å². The van der Waals surface area contributed by atoms with Crippen molar-refractivity contribution in [2.24, 2.45) is 0 Å². The molecule has 1 heterocycles. The number of hydrogen-bond acceptors (Lipinski definition) is 3. The Labute approximate surface area is 81.8 Å². The molecule has 0 saturated carbocycles. The minimum atomic E-state index is 0.286. The van der Waals surface area contributed by atoms with E-state index in [2.05, 4.69) is 23.8 Å². The molecule has 12 heavy (non-hydrogen) atoms. The van der Waals surface area contributed by atoms with Gasteiger partial charge in [-0.05, 0) is 17.9 Å². The molecular weight excluding hydrogens is 188 g/mol. The number of hydrogen-bond donors (Lipinski definition) is 1. The van der Waals surface area contributed by atoms with Gasteiger partial charge >= 0.3 is 0 Å². The van der Waals surface area contributed by atoms with Crippen LogP contribution in [0.25, 0.3) is 0 Å². The smallest absolute Gasteiger partial charge is 0.0553 e. The second kappa shape index (κ2) is 5.62. The van der Waals surface area contributed by atoms with Crippen LogP contribution in [0, 0.1) is 0 Å². The number of thioether (sulfide) groups is 1. The van der Waals surface area contributed by atoms with Gasteiger partial charge in [0.1, 0.15) is 0 Å². The Morgan fingerprint density at radius 1 is 1.67 bits per heavy atom. The Morgan fingerprint density at radius 3 is 3.00 bits per heavy atom. The molecular formula is C9H14OS2. The lowest BCUT2D eigenvalue weighted by atomic mass is 10.3. The largest absolute Gasteiger partial charge is 0.395 e. The maximum atomic E-state index is 9.04. The van der Waals surface area contributed by atoms with Gasteiger partial charge in [-0.25, -0.2) is 0 Å². The highest BCUT2D eigenvalue weighted by Crippen LogP contribution is 2.27. The first-order valence-corrected chi connectivity index (χ1v) is 5.98. The molecule has 0 radical (unpaired) electrons. The topological polar surface area (TPSA) is 20.2 Å². The maximum absolute atomic E-state index is 9.04. The van der Waals surface area contributed by atoms with E-state index in [1.54, 1.807) is 23.1 Å². The zero-order valence-corrected chi connectivity index (χ0v) is 8.83. The van der Waals surface area contributed by atoms with E-state index in [9.17, 15) is 0 Å². The molecule has 0 saturated heterocycles. The summed E-state index contributed by atoms with van der Waals surface area (Å²) < 4.78 is 0. The summed E-state index contributed by atoms with van der Waals surface area (Å²) in [5, 5.41) is 13.6.